The zero-order valence-electron chi connectivity index (χ0n) is 14.5. The molecule has 1 heterocycles. The van der Waals surface area contributed by atoms with E-state index in [4.69, 9.17) is 4.42 Å². The summed E-state index contributed by atoms with van der Waals surface area (Å²) in [5.74, 6) is 2.10. The first-order chi connectivity index (χ1) is 9.63. The summed E-state index contributed by atoms with van der Waals surface area (Å²) >= 11 is 0. The van der Waals surface area contributed by atoms with Crippen molar-refractivity contribution in [2.24, 2.45) is 0 Å². The minimum Gasteiger partial charge on any atom is -0.460 e. The molecule has 0 bridgehead atoms. The van der Waals surface area contributed by atoms with Crippen LogP contribution in [0.1, 0.15) is 65.4 Å². The van der Waals surface area contributed by atoms with Crippen LogP contribution in [0.25, 0.3) is 11.3 Å². The third-order valence-electron chi connectivity index (χ3n) is 3.88. The van der Waals surface area contributed by atoms with Gasteiger partial charge in [-0.25, -0.2) is 0 Å². The van der Waals surface area contributed by atoms with Crippen molar-refractivity contribution in [2.45, 2.75) is 65.7 Å². The smallest absolute Gasteiger partial charge is 0.134 e. The Balaban J connectivity index is 2.51. The molecule has 2 rings (SSSR count). The third-order valence-corrected chi connectivity index (χ3v) is 3.88. The Morgan fingerprint density at radius 1 is 0.905 bits per heavy atom. The lowest BCUT2D eigenvalue weighted by atomic mass is 9.86. The van der Waals surface area contributed by atoms with Crippen LogP contribution in [0, 0.1) is 0 Å². The summed E-state index contributed by atoms with van der Waals surface area (Å²) < 4.78 is 6.22. The van der Waals surface area contributed by atoms with Gasteiger partial charge >= 0.3 is 0 Å². The quantitative estimate of drug-likeness (QED) is 0.649. The SMILES string of the molecule is CCc1cc(-c2cccc(C(C)(C)C)c2)oc1C(C)(C)C. The van der Waals surface area contributed by atoms with E-state index in [1.54, 1.807) is 0 Å². The van der Waals surface area contributed by atoms with Gasteiger partial charge in [-0.05, 0) is 35.1 Å². The van der Waals surface area contributed by atoms with Crippen molar-refractivity contribution >= 4 is 0 Å². The maximum absolute atomic E-state index is 6.22. The van der Waals surface area contributed by atoms with E-state index in [0.717, 1.165) is 17.9 Å². The zero-order valence-corrected chi connectivity index (χ0v) is 14.5. The van der Waals surface area contributed by atoms with Gasteiger partial charge in [0.1, 0.15) is 11.5 Å². The van der Waals surface area contributed by atoms with Crippen molar-refractivity contribution < 1.29 is 4.42 Å². The van der Waals surface area contributed by atoms with Gasteiger partial charge in [0.15, 0.2) is 0 Å². The van der Waals surface area contributed by atoms with Crippen LogP contribution in [0.3, 0.4) is 0 Å². The molecule has 1 heteroatoms. The lowest BCUT2D eigenvalue weighted by Crippen LogP contribution is -2.11. The number of hydrogen-bond acceptors (Lipinski definition) is 1. The molecule has 114 valence electrons. The van der Waals surface area contributed by atoms with Crippen LogP contribution in [-0.2, 0) is 17.3 Å². The maximum Gasteiger partial charge on any atom is 0.134 e. The van der Waals surface area contributed by atoms with Crippen molar-refractivity contribution in [3.05, 3.63) is 47.2 Å². The fraction of sp³-hybridized carbons (Fsp3) is 0.500. The molecule has 0 fully saturated rings. The summed E-state index contributed by atoms with van der Waals surface area (Å²) in [6.45, 7) is 15.5. The molecule has 0 amide bonds. The minimum absolute atomic E-state index is 0.0469. The maximum atomic E-state index is 6.22. The first-order valence-corrected chi connectivity index (χ1v) is 7.87. The number of hydrogen-bond donors (Lipinski definition) is 0. The van der Waals surface area contributed by atoms with E-state index in [1.807, 2.05) is 0 Å². The molecule has 1 aromatic carbocycles. The molecule has 2 aromatic rings. The highest BCUT2D eigenvalue weighted by molar-refractivity contribution is 5.61. The average molecular weight is 284 g/mol. The van der Waals surface area contributed by atoms with Crippen molar-refractivity contribution in [3.63, 3.8) is 0 Å². The molecule has 0 N–H and O–H groups in total. The van der Waals surface area contributed by atoms with Crippen LogP contribution >= 0.6 is 0 Å². The summed E-state index contributed by atoms with van der Waals surface area (Å²) in [5.41, 5.74) is 4.03. The highest BCUT2D eigenvalue weighted by atomic mass is 16.3. The van der Waals surface area contributed by atoms with Crippen LogP contribution in [0.15, 0.2) is 34.7 Å². The summed E-state index contributed by atoms with van der Waals surface area (Å²) in [6, 6.07) is 10.9. The summed E-state index contributed by atoms with van der Waals surface area (Å²) in [6.07, 6.45) is 1.01. The van der Waals surface area contributed by atoms with Crippen molar-refractivity contribution in [1.82, 2.24) is 0 Å². The second kappa shape index (κ2) is 5.36. The molecule has 0 aliphatic rings. The van der Waals surface area contributed by atoms with Crippen LogP contribution in [0.2, 0.25) is 0 Å². The van der Waals surface area contributed by atoms with Crippen LogP contribution in [0.4, 0.5) is 0 Å². The largest absolute Gasteiger partial charge is 0.460 e. The van der Waals surface area contributed by atoms with Gasteiger partial charge in [-0.15, -0.1) is 0 Å². The fourth-order valence-electron chi connectivity index (χ4n) is 2.61. The first kappa shape index (κ1) is 15.9. The normalized spacial score (nSPS) is 12.7. The number of rotatable bonds is 2. The molecular formula is C20H28O. The molecule has 0 saturated carbocycles. The highest BCUT2D eigenvalue weighted by Gasteiger charge is 2.23. The van der Waals surface area contributed by atoms with Gasteiger partial charge in [0.2, 0.25) is 0 Å². The van der Waals surface area contributed by atoms with E-state index in [-0.39, 0.29) is 10.8 Å². The van der Waals surface area contributed by atoms with E-state index in [2.05, 4.69) is 78.8 Å². The van der Waals surface area contributed by atoms with E-state index in [1.165, 1.54) is 16.7 Å². The molecule has 21 heavy (non-hydrogen) atoms. The van der Waals surface area contributed by atoms with Crippen LogP contribution in [-0.4, -0.2) is 0 Å². The minimum atomic E-state index is 0.0469. The highest BCUT2D eigenvalue weighted by Crippen LogP contribution is 2.35. The Kier molecular flexibility index (Phi) is 4.06. The van der Waals surface area contributed by atoms with E-state index >= 15 is 0 Å². The predicted octanol–water partition coefficient (Wildman–Crippen LogP) is 6.10. The summed E-state index contributed by atoms with van der Waals surface area (Å²) in [4.78, 5) is 0. The van der Waals surface area contributed by atoms with Gasteiger partial charge in [-0.3, -0.25) is 0 Å². The third kappa shape index (κ3) is 3.40. The van der Waals surface area contributed by atoms with E-state index < -0.39 is 0 Å². The Morgan fingerprint density at radius 2 is 1.57 bits per heavy atom. The molecular weight excluding hydrogens is 256 g/mol. The lowest BCUT2D eigenvalue weighted by molar-refractivity contribution is 0.412. The van der Waals surface area contributed by atoms with Gasteiger partial charge in [-0.2, -0.15) is 0 Å². The molecule has 0 spiro atoms. The Labute approximate surface area is 129 Å². The van der Waals surface area contributed by atoms with Crippen LogP contribution < -0.4 is 0 Å². The lowest BCUT2D eigenvalue weighted by Gasteiger charge is -2.19. The first-order valence-electron chi connectivity index (χ1n) is 7.87. The van der Waals surface area contributed by atoms with Crippen molar-refractivity contribution in [3.8, 4) is 11.3 Å². The number of furan rings is 1. The number of benzene rings is 1. The monoisotopic (exact) mass is 284 g/mol. The van der Waals surface area contributed by atoms with Gasteiger partial charge in [0.05, 0.1) is 0 Å². The molecule has 0 saturated heterocycles. The predicted molar refractivity (Wildman–Crippen MR) is 90.9 cm³/mol. The fourth-order valence-corrected chi connectivity index (χ4v) is 2.61. The standard InChI is InChI=1S/C20H28O/c1-8-14-13-17(21-18(14)20(5,6)7)15-10-9-11-16(12-15)19(2,3)4/h9-13H,8H2,1-7H3. The molecule has 0 aliphatic carbocycles. The van der Waals surface area contributed by atoms with Gasteiger partial charge < -0.3 is 4.42 Å². The summed E-state index contributed by atoms with van der Waals surface area (Å²) in [7, 11) is 0. The average Bonchev–Trinajstić information content (AvgIpc) is 2.82. The molecule has 0 unspecified atom stereocenters. The summed E-state index contributed by atoms with van der Waals surface area (Å²) in [5, 5.41) is 0. The molecule has 1 nitrogen and oxygen atoms in total. The van der Waals surface area contributed by atoms with Crippen molar-refractivity contribution in [1.29, 1.82) is 0 Å². The van der Waals surface area contributed by atoms with Crippen molar-refractivity contribution in [2.75, 3.05) is 0 Å². The van der Waals surface area contributed by atoms with E-state index in [9.17, 15) is 0 Å². The Hall–Kier alpha value is -1.50. The van der Waals surface area contributed by atoms with E-state index in [0.29, 0.717) is 0 Å². The number of aryl methyl sites for hydroxylation is 1. The zero-order chi connectivity index (χ0) is 15.8. The van der Waals surface area contributed by atoms with Gasteiger partial charge in [0, 0.05) is 11.0 Å². The molecule has 1 aromatic heterocycles. The Bertz CT molecular complexity index is 618. The molecule has 0 radical (unpaired) electrons. The molecule has 0 atom stereocenters. The van der Waals surface area contributed by atoms with Gasteiger partial charge in [-0.1, -0.05) is 66.7 Å². The van der Waals surface area contributed by atoms with Gasteiger partial charge in [0.25, 0.3) is 0 Å². The topological polar surface area (TPSA) is 13.1 Å². The second-order valence-corrected chi connectivity index (χ2v) is 7.90. The molecule has 0 aliphatic heterocycles. The Morgan fingerprint density at radius 3 is 2.05 bits per heavy atom. The van der Waals surface area contributed by atoms with Crippen LogP contribution in [0.5, 0.6) is 0 Å². The second-order valence-electron chi connectivity index (χ2n) is 7.90.